The molecule has 3 aliphatic heterocycles. The maximum Gasteiger partial charge on any atom is 0.269 e. The third-order valence-electron chi connectivity index (χ3n) is 11.0. The van der Waals surface area contributed by atoms with E-state index < -0.39 is 6.29 Å². The lowest BCUT2D eigenvalue weighted by Crippen LogP contribution is -2.51. The zero-order chi connectivity index (χ0) is 38.1. The molecule has 1 N–H and O–H groups in total. The Balaban J connectivity index is 1.00. The van der Waals surface area contributed by atoms with Crippen LogP contribution in [0.5, 0.6) is 0 Å². The Kier molecular flexibility index (Phi) is 10.3. The summed E-state index contributed by atoms with van der Waals surface area (Å²) >= 11 is 0. The van der Waals surface area contributed by atoms with Crippen LogP contribution < -0.4 is 4.90 Å². The fourth-order valence-electron chi connectivity index (χ4n) is 7.84. The molecule has 11 heteroatoms. The first-order valence-electron chi connectivity index (χ1n) is 18.6. The second-order valence-corrected chi connectivity index (χ2v) is 14.5. The molecule has 5 aromatic rings. The summed E-state index contributed by atoms with van der Waals surface area (Å²) in [5, 5.41) is 20.8. The van der Waals surface area contributed by atoms with Gasteiger partial charge in [-0.15, -0.1) is 0 Å². The van der Waals surface area contributed by atoms with Crippen molar-refractivity contribution in [3.8, 4) is 11.1 Å². The van der Waals surface area contributed by atoms with Crippen molar-refractivity contribution in [2.75, 3.05) is 37.6 Å². The van der Waals surface area contributed by atoms with Crippen molar-refractivity contribution < 1.29 is 29.1 Å². The topological polar surface area (TPSA) is 126 Å². The van der Waals surface area contributed by atoms with Crippen molar-refractivity contribution >= 4 is 23.2 Å². The fraction of sp³-hybridized carbons (Fsp3) is 0.273. The van der Waals surface area contributed by atoms with E-state index in [0.29, 0.717) is 17.7 Å². The van der Waals surface area contributed by atoms with Crippen LogP contribution in [0.3, 0.4) is 0 Å². The van der Waals surface area contributed by atoms with Crippen LogP contribution >= 0.6 is 0 Å². The molecule has 0 radical (unpaired) electrons. The van der Waals surface area contributed by atoms with E-state index in [2.05, 4.69) is 22.8 Å². The van der Waals surface area contributed by atoms with Crippen LogP contribution in [-0.4, -0.2) is 70.5 Å². The van der Waals surface area contributed by atoms with E-state index in [9.17, 15) is 24.8 Å². The van der Waals surface area contributed by atoms with E-state index in [1.807, 2.05) is 78.9 Å². The number of hydrogen-bond donors (Lipinski definition) is 1. The van der Waals surface area contributed by atoms with Crippen molar-refractivity contribution in [3.63, 3.8) is 0 Å². The molecule has 0 unspecified atom stereocenters. The summed E-state index contributed by atoms with van der Waals surface area (Å²) in [6.07, 6.45) is -1.06. The zero-order valence-electron chi connectivity index (χ0n) is 30.5. The molecule has 2 saturated heterocycles. The molecular formula is C44H42N4O7. The summed E-state index contributed by atoms with van der Waals surface area (Å²) in [6, 6.07) is 37.5. The Labute approximate surface area is 319 Å². The summed E-state index contributed by atoms with van der Waals surface area (Å²) in [5.74, 6) is -0.545. The lowest BCUT2D eigenvalue weighted by Gasteiger charge is -2.44. The van der Waals surface area contributed by atoms with Crippen LogP contribution in [0.1, 0.15) is 62.3 Å². The summed E-state index contributed by atoms with van der Waals surface area (Å²) in [6.45, 7) is 6.23. The first kappa shape index (κ1) is 36.3. The third kappa shape index (κ3) is 7.52. The number of carbonyl (C=O) groups is 2. The van der Waals surface area contributed by atoms with Gasteiger partial charge in [0.15, 0.2) is 6.29 Å². The second kappa shape index (κ2) is 15.6. The molecular weight excluding hydrogens is 697 g/mol. The molecule has 3 heterocycles. The van der Waals surface area contributed by atoms with Gasteiger partial charge in [0.1, 0.15) is 0 Å². The van der Waals surface area contributed by atoms with Gasteiger partial charge in [0, 0.05) is 62.0 Å². The van der Waals surface area contributed by atoms with Gasteiger partial charge in [0.25, 0.3) is 17.5 Å². The number of imide groups is 1. The van der Waals surface area contributed by atoms with Gasteiger partial charge < -0.3 is 19.5 Å². The first-order chi connectivity index (χ1) is 26.7. The van der Waals surface area contributed by atoms with Crippen LogP contribution in [0.2, 0.25) is 0 Å². The predicted molar refractivity (Wildman–Crippen MR) is 207 cm³/mol. The molecule has 0 saturated carbocycles. The molecule has 0 aliphatic carbocycles. The highest BCUT2D eigenvalue weighted by Gasteiger charge is 2.40. The minimum absolute atomic E-state index is 0.0194. The Hall–Kier alpha value is -5.72. The largest absolute Gasteiger partial charge is 0.392 e. The van der Waals surface area contributed by atoms with Crippen LogP contribution in [0.25, 0.3) is 11.1 Å². The van der Waals surface area contributed by atoms with E-state index in [1.165, 1.54) is 4.90 Å². The van der Waals surface area contributed by atoms with Crippen molar-refractivity contribution in [3.05, 3.63) is 165 Å². The summed E-state index contributed by atoms with van der Waals surface area (Å²) in [5.41, 5.74) is 7.39. The Morgan fingerprint density at radius 1 is 0.727 bits per heavy atom. The van der Waals surface area contributed by atoms with Gasteiger partial charge in [-0.3, -0.25) is 29.5 Å². The van der Waals surface area contributed by atoms with Gasteiger partial charge in [-0.1, -0.05) is 79.7 Å². The molecule has 8 rings (SSSR count). The van der Waals surface area contributed by atoms with Crippen LogP contribution in [0.4, 0.5) is 11.4 Å². The highest BCUT2D eigenvalue weighted by Crippen LogP contribution is 2.42. The number of nitro benzene ring substituents is 1. The number of ether oxygens (including phenoxy) is 2. The molecule has 11 nitrogen and oxygen atoms in total. The number of nitrogens with zero attached hydrogens (tertiary/aromatic N) is 4. The average molecular weight is 739 g/mol. The number of amides is 2. The van der Waals surface area contributed by atoms with Gasteiger partial charge in [0.05, 0.1) is 41.4 Å². The molecule has 280 valence electrons. The molecule has 55 heavy (non-hydrogen) atoms. The number of anilines is 1. The standard InChI is InChI=1S/C44H42N4O7/c1-29-40(27-45-20-22-46(23-21-45)36-16-18-37(19-17-36)48(52)53)54-44(55-41(29)32-14-12-30(28-49)13-15-32)35-9-5-8-34(25-35)33-7-4-6-31(24-33)26-47-42(50)38-10-2-3-11-39(38)43(47)51/h2-19,24-25,29,40-41,44,49H,20-23,26-28H2,1H3/t29-,40+,41+,44+/m1/s1. The molecule has 0 bridgehead atoms. The van der Waals surface area contributed by atoms with Gasteiger partial charge in [-0.05, 0) is 64.2 Å². The van der Waals surface area contributed by atoms with E-state index >= 15 is 0 Å². The number of hydrogen-bond acceptors (Lipinski definition) is 9. The lowest BCUT2D eigenvalue weighted by atomic mass is 9.89. The van der Waals surface area contributed by atoms with E-state index in [4.69, 9.17) is 9.47 Å². The summed E-state index contributed by atoms with van der Waals surface area (Å²) in [7, 11) is 0. The normalized spacial score (nSPS) is 21.5. The quantitative estimate of drug-likeness (QED) is 0.0903. The predicted octanol–water partition coefficient (Wildman–Crippen LogP) is 7.16. The van der Waals surface area contributed by atoms with Gasteiger partial charge >= 0.3 is 0 Å². The van der Waals surface area contributed by atoms with Crippen LogP contribution in [-0.2, 0) is 22.6 Å². The second-order valence-electron chi connectivity index (χ2n) is 14.5. The molecule has 2 fully saturated rings. The van der Waals surface area contributed by atoms with Crippen LogP contribution in [0.15, 0.2) is 121 Å². The molecule has 5 aromatic carbocycles. The van der Waals surface area contributed by atoms with Crippen molar-refractivity contribution in [1.82, 2.24) is 9.80 Å². The van der Waals surface area contributed by atoms with E-state index in [-0.39, 0.29) is 53.7 Å². The van der Waals surface area contributed by atoms with E-state index in [0.717, 1.165) is 65.2 Å². The molecule has 2 amide bonds. The molecule has 4 atom stereocenters. The fourth-order valence-corrected chi connectivity index (χ4v) is 7.84. The first-order valence-corrected chi connectivity index (χ1v) is 18.6. The number of fused-ring (bicyclic) bond motifs is 1. The SMILES string of the molecule is C[C@@H]1[C@H](CN2CCN(c3ccc([N+](=O)[O-])cc3)CC2)O[C@H](c2cccc(-c3cccc(CN4C(=O)c5ccccc5C4=O)c3)c2)O[C@@H]1c1ccc(CO)cc1. The number of piperazine rings is 1. The number of nitro groups is 1. The number of non-ortho nitro benzene ring substituents is 1. The van der Waals surface area contributed by atoms with Gasteiger partial charge in [-0.25, -0.2) is 0 Å². The Bertz CT molecular complexity index is 2170. The summed E-state index contributed by atoms with van der Waals surface area (Å²) in [4.78, 5) is 42.9. The van der Waals surface area contributed by atoms with Gasteiger partial charge in [-0.2, -0.15) is 0 Å². The lowest BCUT2D eigenvalue weighted by molar-refractivity contribution is -0.384. The number of rotatable bonds is 10. The average Bonchev–Trinajstić information content (AvgIpc) is 3.46. The number of carbonyl (C=O) groups excluding carboxylic acids is 2. The number of aliphatic hydroxyl groups excluding tert-OH is 1. The highest BCUT2D eigenvalue weighted by molar-refractivity contribution is 6.21. The minimum Gasteiger partial charge on any atom is -0.392 e. The van der Waals surface area contributed by atoms with Crippen molar-refractivity contribution in [1.29, 1.82) is 0 Å². The Morgan fingerprint density at radius 2 is 1.38 bits per heavy atom. The number of benzene rings is 5. The molecule has 0 aromatic heterocycles. The van der Waals surface area contributed by atoms with Crippen LogP contribution in [0, 0.1) is 16.0 Å². The Morgan fingerprint density at radius 3 is 2.04 bits per heavy atom. The zero-order valence-corrected chi connectivity index (χ0v) is 30.5. The maximum atomic E-state index is 13.1. The third-order valence-corrected chi connectivity index (χ3v) is 11.0. The number of aliphatic hydroxyl groups is 1. The van der Waals surface area contributed by atoms with Crippen molar-refractivity contribution in [2.45, 2.75) is 38.6 Å². The minimum atomic E-state index is -0.647. The smallest absolute Gasteiger partial charge is 0.269 e. The monoisotopic (exact) mass is 738 g/mol. The highest BCUT2D eigenvalue weighted by atomic mass is 16.7. The molecule has 3 aliphatic rings. The van der Waals surface area contributed by atoms with Crippen molar-refractivity contribution in [2.24, 2.45) is 5.92 Å². The van der Waals surface area contributed by atoms with E-state index in [1.54, 1.807) is 36.4 Å². The van der Waals surface area contributed by atoms with Gasteiger partial charge in [0.2, 0.25) is 0 Å². The molecule has 0 spiro atoms. The maximum absolute atomic E-state index is 13.1. The summed E-state index contributed by atoms with van der Waals surface area (Å²) < 4.78 is 13.6.